The summed E-state index contributed by atoms with van der Waals surface area (Å²) in [4.78, 5) is 27.3. The van der Waals surface area contributed by atoms with Crippen LogP contribution in [0.5, 0.6) is 0 Å². The highest BCUT2D eigenvalue weighted by Gasteiger charge is 2.60. The van der Waals surface area contributed by atoms with E-state index < -0.39 is 0 Å². The van der Waals surface area contributed by atoms with Crippen molar-refractivity contribution in [2.75, 3.05) is 20.6 Å². The van der Waals surface area contributed by atoms with Crippen LogP contribution in [0.15, 0.2) is 24.3 Å². The van der Waals surface area contributed by atoms with Gasteiger partial charge >= 0.3 is 0 Å². The van der Waals surface area contributed by atoms with Gasteiger partial charge in [0.05, 0.1) is 12.0 Å². The van der Waals surface area contributed by atoms with E-state index in [1.165, 1.54) is 12.0 Å². The van der Waals surface area contributed by atoms with Gasteiger partial charge in [-0.15, -0.1) is 11.6 Å². The molecule has 0 saturated heterocycles. The van der Waals surface area contributed by atoms with Crippen LogP contribution in [0.3, 0.4) is 0 Å². The van der Waals surface area contributed by atoms with Crippen LogP contribution in [-0.4, -0.2) is 42.2 Å². The maximum atomic E-state index is 13.0. The number of nitrogens with one attached hydrogen (secondary N) is 2. The molecule has 0 aromatic heterocycles. The lowest BCUT2D eigenvalue weighted by Gasteiger charge is -2.59. The van der Waals surface area contributed by atoms with E-state index in [-0.39, 0.29) is 28.6 Å². The van der Waals surface area contributed by atoms with Crippen molar-refractivity contribution in [2.24, 2.45) is 17.3 Å². The number of nitrogens with zero attached hydrogens (tertiary/aromatic N) is 1. The van der Waals surface area contributed by atoms with Crippen molar-refractivity contribution in [1.82, 2.24) is 15.5 Å². The van der Waals surface area contributed by atoms with Crippen LogP contribution in [0, 0.1) is 17.3 Å². The number of amides is 2. The lowest BCUT2D eigenvalue weighted by Crippen LogP contribution is -2.59. The van der Waals surface area contributed by atoms with Crippen molar-refractivity contribution in [3.05, 3.63) is 35.4 Å². The van der Waals surface area contributed by atoms with Gasteiger partial charge in [-0.2, -0.15) is 0 Å². The van der Waals surface area contributed by atoms with Crippen LogP contribution in [-0.2, 0) is 22.7 Å². The second-order valence-electron chi connectivity index (χ2n) is 9.86. The molecule has 6 heteroatoms. The van der Waals surface area contributed by atoms with E-state index in [0.29, 0.717) is 18.4 Å². The average molecular weight is 418 g/mol. The van der Waals surface area contributed by atoms with Gasteiger partial charge in [-0.25, -0.2) is 0 Å². The molecule has 158 valence electrons. The Balaban J connectivity index is 1.30. The summed E-state index contributed by atoms with van der Waals surface area (Å²) in [5.74, 6) is 1.02. The first-order valence-electron chi connectivity index (χ1n) is 10.7. The zero-order valence-corrected chi connectivity index (χ0v) is 18.2. The number of carbonyl (C=O) groups excluding carboxylic acids is 2. The molecule has 2 unspecified atom stereocenters. The molecule has 1 aromatic carbocycles. The van der Waals surface area contributed by atoms with Crippen molar-refractivity contribution < 1.29 is 9.59 Å². The van der Waals surface area contributed by atoms with Crippen LogP contribution >= 0.6 is 11.6 Å². The number of hydrogen-bond donors (Lipinski definition) is 2. The Morgan fingerprint density at radius 3 is 2.34 bits per heavy atom. The first-order valence-corrected chi connectivity index (χ1v) is 11.1. The Kier molecular flexibility index (Phi) is 5.64. The van der Waals surface area contributed by atoms with Crippen LogP contribution in [0.2, 0.25) is 0 Å². The fourth-order valence-corrected chi connectivity index (χ4v) is 6.94. The molecule has 29 heavy (non-hydrogen) atoms. The van der Waals surface area contributed by atoms with Gasteiger partial charge in [-0.05, 0) is 75.6 Å². The van der Waals surface area contributed by atoms with Gasteiger partial charge in [0.2, 0.25) is 11.8 Å². The Morgan fingerprint density at radius 1 is 1.07 bits per heavy atom. The average Bonchev–Trinajstić information content (AvgIpc) is 2.63. The Labute approximate surface area is 178 Å². The van der Waals surface area contributed by atoms with Crippen molar-refractivity contribution in [1.29, 1.82) is 0 Å². The molecule has 4 saturated carbocycles. The van der Waals surface area contributed by atoms with Gasteiger partial charge in [0, 0.05) is 18.0 Å². The van der Waals surface area contributed by atoms with Gasteiger partial charge < -0.3 is 15.5 Å². The highest BCUT2D eigenvalue weighted by Crippen LogP contribution is 2.63. The predicted octanol–water partition coefficient (Wildman–Crippen LogP) is 3.06. The number of halogens is 1. The molecule has 5 rings (SSSR count). The van der Waals surface area contributed by atoms with Gasteiger partial charge in [-0.3, -0.25) is 9.59 Å². The monoisotopic (exact) mass is 417 g/mol. The van der Waals surface area contributed by atoms with Gasteiger partial charge in [0.25, 0.3) is 0 Å². The molecule has 0 spiro atoms. The van der Waals surface area contributed by atoms with Crippen LogP contribution in [0.4, 0.5) is 0 Å². The molecular formula is C23H32ClN3O2. The van der Waals surface area contributed by atoms with Crippen molar-refractivity contribution in [2.45, 2.75) is 56.5 Å². The quantitative estimate of drug-likeness (QED) is 0.670. The van der Waals surface area contributed by atoms with Crippen LogP contribution < -0.4 is 10.6 Å². The molecule has 5 nitrogen and oxygen atoms in total. The number of alkyl halides is 1. The minimum Gasteiger partial charge on any atom is -0.350 e. The molecule has 0 radical (unpaired) electrons. The summed E-state index contributed by atoms with van der Waals surface area (Å²) in [6.07, 6.45) is 5.95. The van der Waals surface area contributed by atoms with Gasteiger partial charge in [0.1, 0.15) is 0 Å². The molecule has 4 atom stereocenters. The Bertz CT molecular complexity index is 780. The second kappa shape index (κ2) is 7.92. The van der Waals surface area contributed by atoms with E-state index in [1.807, 2.05) is 32.3 Å². The first kappa shape index (κ1) is 20.7. The first-order chi connectivity index (χ1) is 13.8. The van der Waals surface area contributed by atoms with E-state index in [2.05, 4.69) is 21.6 Å². The van der Waals surface area contributed by atoms with Crippen molar-refractivity contribution >= 4 is 23.4 Å². The predicted molar refractivity (Wildman–Crippen MR) is 114 cm³/mol. The summed E-state index contributed by atoms with van der Waals surface area (Å²) in [5.41, 5.74) is 1.94. The van der Waals surface area contributed by atoms with Crippen LogP contribution in [0.25, 0.3) is 0 Å². The molecule has 4 fully saturated rings. The highest BCUT2D eigenvalue weighted by atomic mass is 35.5. The molecular weight excluding hydrogens is 386 g/mol. The fourth-order valence-electron chi connectivity index (χ4n) is 6.25. The molecule has 0 heterocycles. The molecule has 0 aliphatic heterocycles. The molecule has 2 amide bonds. The largest absolute Gasteiger partial charge is 0.350 e. The third kappa shape index (κ3) is 4.46. The molecule has 4 aliphatic carbocycles. The SMILES string of the molecule is CN(C)Cc1ccccc1CNC(=O)CNC(=O)C12C[C@@H]3C[C@@H](CC(Cl)(C3)C1)C2. The second-order valence-corrected chi connectivity index (χ2v) is 10.7. The number of carbonyl (C=O) groups is 2. The molecule has 1 aromatic rings. The van der Waals surface area contributed by atoms with Crippen molar-refractivity contribution in [3.8, 4) is 0 Å². The number of rotatable bonds is 7. The summed E-state index contributed by atoms with van der Waals surface area (Å²) in [6.45, 7) is 1.33. The molecule has 4 aliphatic rings. The van der Waals surface area contributed by atoms with Gasteiger partial charge in [0.15, 0.2) is 0 Å². The van der Waals surface area contributed by atoms with Crippen molar-refractivity contribution in [3.63, 3.8) is 0 Å². The molecule has 2 N–H and O–H groups in total. The minimum absolute atomic E-state index is 0.0276. The smallest absolute Gasteiger partial charge is 0.239 e. The van der Waals surface area contributed by atoms with E-state index >= 15 is 0 Å². The Morgan fingerprint density at radius 2 is 1.72 bits per heavy atom. The molecule has 4 bridgehead atoms. The maximum Gasteiger partial charge on any atom is 0.239 e. The third-order valence-corrected chi connectivity index (χ3v) is 7.40. The lowest BCUT2D eigenvalue weighted by atomic mass is 9.49. The summed E-state index contributed by atoms with van der Waals surface area (Å²) in [5, 5.41) is 5.87. The van der Waals surface area contributed by atoms with Crippen LogP contribution in [0.1, 0.15) is 49.7 Å². The van der Waals surface area contributed by atoms with E-state index in [4.69, 9.17) is 11.6 Å². The standard InChI is InChI=1S/C23H32ClN3O2/c1-27(2)14-19-6-4-3-5-18(19)12-25-20(28)13-26-21(29)22-8-16-7-17(9-22)11-23(24,10-16)15-22/h3-6,16-17H,7-15H2,1-2H3,(H,25,28)(H,26,29)/t16-,17+,22?,23?. The highest BCUT2D eigenvalue weighted by molar-refractivity contribution is 6.24. The summed E-state index contributed by atoms with van der Waals surface area (Å²) >= 11 is 6.83. The summed E-state index contributed by atoms with van der Waals surface area (Å²) in [6, 6.07) is 8.11. The zero-order chi connectivity index (χ0) is 20.6. The lowest BCUT2D eigenvalue weighted by molar-refractivity contribution is -0.145. The van der Waals surface area contributed by atoms with E-state index in [0.717, 1.165) is 44.2 Å². The number of hydrogen-bond acceptors (Lipinski definition) is 3. The Hall–Kier alpha value is -1.59. The number of benzene rings is 1. The third-order valence-electron chi connectivity index (χ3n) is 6.96. The van der Waals surface area contributed by atoms with E-state index in [1.54, 1.807) is 0 Å². The normalized spacial score (nSPS) is 32.4. The minimum atomic E-state index is -0.357. The maximum absolute atomic E-state index is 13.0. The fraction of sp³-hybridized carbons (Fsp3) is 0.652. The summed E-state index contributed by atoms with van der Waals surface area (Å²) in [7, 11) is 4.06. The topological polar surface area (TPSA) is 61.4 Å². The summed E-state index contributed by atoms with van der Waals surface area (Å²) < 4.78 is 0. The zero-order valence-electron chi connectivity index (χ0n) is 17.5. The van der Waals surface area contributed by atoms with Gasteiger partial charge in [-0.1, -0.05) is 24.3 Å². The van der Waals surface area contributed by atoms with E-state index in [9.17, 15) is 9.59 Å².